The smallest absolute Gasteiger partial charge is 0.203 e. The molecule has 0 fully saturated rings. The number of anilines is 1. The third-order valence-corrected chi connectivity index (χ3v) is 3.74. The largest absolute Gasteiger partial charge is 0.383 e. The van der Waals surface area contributed by atoms with E-state index in [9.17, 15) is 0 Å². The molecule has 0 saturated heterocycles. The van der Waals surface area contributed by atoms with Crippen molar-refractivity contribution in [3.8, 4) is 0 Å². The number of methoxy groups -OCH3 is 1. The molecule has 0 aliphatic carbocycles. The lowest BCUT2D eigenvalue weighted by Gasteiger charge is -2.09. The SMILES string of the molecule is CCCCCCCCCCn1cc(C)nc1NCCOC. The molecular weight excluding hydrogens is 262 g/mol. The van der Waals surface area contributed by atoms with Crippen molar-refractivity contribution in [2.45, 2.75) is 71.8 Å². The molecule has 1 heterocycles. The van der Waals surface area contributed by atoms with Gasteiger partial charge in [-0.05, 0) is 13.3 Å². The summed E-state index contributed by atoms with van der Waals surface area (Å²) >= 11 is 0. The number of unbranched alkanes of at least 4 members (excludes halogenated alkanes) is 7. The Hall–Kier alpha value is -1.03. The lowest BCUT2D eigenvalue weighted by molar-refractivity contribution is 0.210. The molecule has 0 aliphatic heterocycles. The fourth-order valence-electron chi connectivity index (χ4n) is 2.54. The van der Waals surface area contributed by atoms with E-state index in [1.165, 1.54) is 51.4 Å². The van der Waals surface area contributed by atoms with Crippen LogP contribution in [0.25, 0.3) is 0 Å². The Labute approximate surface area is 130 Å². The quantitative estimate of drug-likeness (QED) is 0.549. The molecule has 1 N–H and O–H groups in total. The maximum absolute atomic E-state index is 5.06. The zero-order chi connectivity index (χ0) is 15.3. The number of imidazole rings is 1. The monoisotopic (exact) mass is 295 g/mol. The summed E-state index contributed by atoms with van der Waals surface area (Å²) in [6.45, 7) is 6.90. The average molecular weight is 295 g/mol. The van der Waals surface area contributed by atoms with Crippen LogP contribution in [0.5, 0.6) is 0 Å². The molecule has 0 atom stereocenters. The first kappa shape index (κ1) is 18.0. The van der Waals surface area contributed by atoms with Gasteiger partial charge in [0.2, 0.25) is 5.95 Å². The minimum Gasteiger partial charge on any atom is -0.383 e. The van der Waals surface area contributed by atoms with Gasteiger partial charge >= 0.3 is 0 Å². The molecule has 122 valence electrons. The first-order valence-electron chi connectivity index (χ1n) is 8.54. The van der Waals surface area contributed by atoms with Gasteiger partial charge < -0.3 is 14.6 Å². The van der Waals surface area contributed by atoms with Crippen molar-refractivity contribution in [1.82, 2.24) is 9.55 Å². The predicted molar refractivity (Wildman–Crippen MR) is 89.9 cm³/mol. The summed E-state index contributed by atoms with van der Waals surface area (Å²) in [5.41, 5.74) is 1.08. The number of nitrogens with one attached hydrogen (secondary N) is 1. The number of aryl methyl sites for hydroxylation is 2. The van der Waals surface area contributed by atoms with Crippen molar-refractivity contribution in [3.05, 3.63) is 11.9 Å². The molecule has 21 heavy (non-hydrogen) atoms. The number of hydrogen-bond donors (Lipinski definition) is 1. The summed E-state index contributed by atoms with van der Waals surface area (Å²) in [5.74, 6) is 0.979. The molecular formula is C17H33N3O. The van der Waals surface area contributed by atoms with E-state index >= 15 is 0 Å². The van der Waals surface area contributed by atoms with E-state index in [1.807, 2.05) is 6.92 Å². The highest BCUT2D eigenvalue weighted by atomic mass is 16.5. The van der Waals surface area contributed by atoms with Crippen LogP contribution in [0, 0.1) is 6.92 Å². The van der Waals surface area contributed by atoms with Gasteiger partial charge in [-0.3, -0.25) is 0 Å². The summed E-state index contributed by atoms with van der Waals surface area (Å²) < 4.78 is 7.30. The highest BCUT2D eigenvalue weighted by Crippen LogP contribution is 2.12. The first-order chi connectivity index (χ1) is 10.3. The van der Waals surface area contributed by atoms with Gasteiger partial charge in [0.15, 0.2) is 0 Å². The fourth-order valence-corrected chi connectivity index (χ4v) is 2.54. The summed E-state index contributed by atoms with van der Waals surface area (Å²) in [4.78, 5) is 4.53. The molecule has 0 radical (unpaired) electrons. The summed E-state index contributed by atoms with van der Waals surface area (Å²) in [5, 5.41) is 3.34. The van der Waals surface area contributed by atoms with E-state index in [1.54, 1.807) is 7.11 Å². The van der Waals surface area contributed by atoms with Crippen LogP contribution in [0.1, 0.15) is 64.0 Å². The molecule has 0 aromatic carbocycles. The van der Waals surface area contributed by atoms with Crippen molar-refractivity contribution in [1.29, 1.82) is 0 Å². The normalized spacial score (nSPS) is 11.0. The standard InChI is InChI=1S/C17H33N3O/c1-4-5-6-7-8-9-10-11-13-20-15-16(2)19-17(20)18-12-14-21-3/h15H,4-14H2,1-3H3,(H,18,19). The van der Waals surface area contributed by atoms with Gasteiger partial charge in [-0.15, -0.1) is 0 Å². The summed E-state index contributed by atoms with van der Waals surface area (Å²) in [7, 11) is 1.72. The van der Waals surface area contributed by atoms with Crippen molar-refractivity contribution in [2.75, 3.05) is 25.6 Å². The molecule has 0 unspecified atom stereocenters. The maximum Gasteiger partial charge on any atom is 0.203 e. The van der Waals surface area contributed by atoms with E-state index < -0.39 is 0 Å². The van der Waals surface area contributed by atoms with Crippen LogP contribution in [0.15, 0.2) is 6.20 Å². The number of rotatable bonds is 13. The highest BCUT2D eigenvalue weighted by Gasteiger charge is 2.04. The molecule has 0 aliphatic rings. The van der Waals surface area contributed by atoms with Crippen LogP contribution in [0.2, 0.25) is 0 Å². The number of nitrogens with zero attached hydrogens (tertiary/aromatic N) is 2. The number of hydrogen-bond acceptors (Lipinski definition) is 3. The molecule has 4 heteroatoms. The molecule has 0 bridgehead atoms. The predicted octanol–water partition coefficient (Wildman–Crippen LogP) is 4.39. The van der Waals surface area contributed by atoms with Crippen molar-refractivity contribution in [2.24, 2.45) is 0 Å². The van der Waals surface area contributed by atoms with E-state index in [2.05, 4.69) is 28.0 Å². The Morgan fingerprint density at radius 1 is 1.10 bits per heavy atom. The van der Waals surface area contributed by atoms with E-state index in [0.29, 0.717) is 6.61 Å². The van der Waals surface area contributed by atoms with Gasteiger partial charge in [0.25, 0.3) is 0 Å². The van der Waals surface area contributed by atoms with Crippen molar-refractivity contribution < 1.29 is 4.74 Å². The Morgan fingerprint density at radius 3 is 2.43 bits per heavy atom. The number of ether oxygens (including phenoxy) is 1. The lowest BCUT2D eigenvalue weighted by Crippen LogP contribution is -2.12. The first-order valence-corrected chi connectivity index (χ1v) is 8.54. The van der Waals surface area contributed by atoms with Gasteiger partial charge in [-0.25, -0.2) is 4.98 Å². The number of aromatic nitrogens is 2. The van der Waals surface area contributed by atoms with Gasteiger partial charge in [0, 0.05) is 26.4 Å². The second-order valence-electron chi connectivity index (χ2n) is 5.79. The van der Waals surface area contributed by atoms with Crippen LogP contribution in [0.3, 0.4) is 0 Å². The molecule has 0 saturated carbocycles. The van der Waals surface area contributed by atoms with Crippen LogP contribution < -0.4 is 5.32 Å². The lowest BCUT2D eigenvalue weighted by atomic mass is 10.1. The van der Waals surface area contributed by atoms with Gasteiger partial charge in [0.05, 0.1) is 12.3 Å². The van der Waals surface area contributed by atoms with E-state index in [4.69, 9.17) is 4.74 Å². The molecule has 1 rings (SSSR count). The Kier molecular flexibility index (Phi) is 9.96. The molecule has 1 aromatic rings. The fraction of sp³-hybridized carbons (Fsp3) is 0.824. The molecule has 0 spiro atoms. The van der Waals surface area contributed by atoms with Crippen LogP contribution in [0.4, 0.5) is 5.95 Å². The van der Waals surface area contributed by atoms with Gasteiger partial charge in [-0.2, -0.15) is 0 Å². The minimum absolute atomic E-state index is 0.712. The second-order valence-corrected chi connectivity index (χ2v) is 5.79. The molecule has 4 nitrogen and oxygen atoms in total. The second kappa shape index (κ2) is 11.6. The summed E-state index contributed by atoms with van der Waals surface area (Å²) in [6, 6.07) is 0. The minimum atomic E-state index is 0.712. The van der Waals surface area contributed by atoms with Crippen molar-refractivity contribution >= 4 is 5.95 Å². The maximum atomic E-state index is 5.06. The van der Waals surface area contributed by atoms with E-state index in [0.717, 1.165) is 24.7 Å². The average Bonchev–Trinajstić information content (AvgIpc) is 2.82. The van der Waals surface area contributed by atoms with Crippen LogP contribution in [-0.2, 0) is 11.3 Å². The zero-order valence-corrected chi connectivity index (χ0v) is 14.2. The van der Waals surface area contributed by atoms with E-state index in [-0.39, 0.29) is 0 Å². The third-order valence-electron chi connectivity index (χ3n) is 3.74. The van der Waals surface area contributed by atoms with Crippen molar-refractivity contribution in [3.63, 3.8) is 0 Å². The Morgan fingerprint density at radius 2 is 1.76 bits per heavy atom. The zero-order valence-electron chi connectivity index (χ0n) is 14.2. The Balaban J connectivity index is 2.16. The topological polar surface area (TPSA) is 39.1 Å². The van der Waals surface area contributed by atoms with Crippen LogP contribution >= 0.6 is 0 Å². The Bertz CT molecular complexity index is 363. The van der Waals surface area contributed by atoms with Crippen LogP contribution in [-0.4, -0.2) is 29.8 Å². The van der Waals surface area contributed by atoms with Gasteiger partial charge in [-0.1, -0.05) is 51.9 Å². The molecule has 1 aromatic heterocycles. The molecule has 0 amide bonds. The third kappa shape index (κ3) is 8.10. The van der Waals surface area contributed by atoms with Gasteiger partial charge in [0.1, 0.15) is 0 Å². The summed E-state index contributed by atoms with van der Waals surface area (Å²) in [6.07, 6.45) is 13.0. The highest BCUT2D eigenvalue weighted by molar-refractivity contribution is 5.28.